The van der Waals surface area contributed by atoms with Gasteiger partial charge in [0, 0.05) is 17.1 Å². The number of nitrogens with zero attached hydrogens (tertiary/aromatic N) is 1. The van der Waals surface area contributed by atoms with Crippen molar-refractivity contribution in [1.29, 1.82) is 5.26 Å². The summed E-state index contributed by atoms with van der Waals surface area (Å²) in [6.07, 6.45) is 1.70. The molecule has 0 unspecified atom stereocenters. The topological polar surface area (TPSA) is 65.9 Å². The molecule has 0 saturated carbocycles. The second-order valence-corrected chi connectivity index (χ2v) is 6.92. The van der Waals surface area contributed by atoms with E-state index in [1.807, 2.05) is 30.3 Å². The molecule has 0 amide bonds. The van der Waals surface area contributed by atoms with E-state index in [1.54, 1.807) is 13.1 Å². The van der Waals surface area contributed by atoms with E-state index < -0.39 is 0 Å². The molecule has 4 nitrogen and oxygen atoms in total. The van der Waals surface area contributed by atoms with Crippen LogP contribution in [0.1, 0.15) is 28.4 Å². The largest absolute Gasteiger partial charge is 0.462 e. The molecule has 0 atom stereocenters. The molecule has 0 radical (unpaired) electrons. The fourth-order valence-corrected chi connectivity index (χ4v) is 3.48. The minimum absolute atomic E-state index is 0.329. The predicted octanol–water partition coefficient (Wildman–Crippen LogP) is 5.86. The first kappa shape index (κ1) is 18.5. The number of carbonyl (C=O) groups is 1. The smallest absolute Gasteiger partial charge is 0.340 e. The number of ether oxygens (including phenoxy) is 1. The monoisotopic (exact) mass is 380 g/mol. The van der Waals surface area contributed by atoms with Crippen LogP contribution in [0.3, 0.4) is 0 Å². The van der Waals surface area contributed by atoms with E-state index in [-0.39, 0.29) is 5.97 Å². The zero-order chi connectivity index (χ0) is 20.4. The third kappa shape index (κ3) is 3.51. The molecule has 4 aromatic rings. The molecule has 0 spiro atoms. The molecule has 0 bridgehead atoms. The van der Waals surface area contributed by atoms with Crippen LogP contribution < -0.4 is 0 Å². The van der Waals surface area contributed by atoms with Crippen molar-refractivity contribution in [2.45, 2.75) is 13.8 Å². The van der Waals surface area contributed by atoms with E-state index in [0.717, 1.165) is 33.2 Å². The Morgan fingerprint density at radius 1 is 1.00 bits per heavy atom. The van der Waals surface area contributed by atoms with Gasteiger partial charge in [0.15, 0.2) is 0 Å². The first-order valence-electron chi connectivity index (χ1n) is 9.50. The van der Waals surface area contributed by atoms with Gasteiger partial charge in [-0.05, 0) is 60.4 Å². The van der Waals surface area contributed by atoms with E-state index in [0.29, 0.717) is 17.7 Å². The van der Waals surface area contributed by atoms with Crippen LogP contribution in [-0.2, 0) is 4.74 Å². The second-order valence-electron chi connectivity index (χ2n) is 6.92. The van der Waals surface area contributed by atoms with Crippen LogP contribution >= 0.6 is 0 Å². The summed E-state index contributed by atoms with van der Waals surface area (Å²) in [7, 11) is 0. The first-order chi connectivity index (χ1) is 14.1. The minimum Gasteiger partial charge on any atom is -0.462 e. The number of nitrogens with one attached hydrogen (secondary N) is 1. The van der Waals surface area contributed by atoms with Gasteiger partial charge in [-0.1, -0.05) is 42.0 Å². The van der Waals surface area contributed by atoms with E-state index in [2.05, 4.69) is 48.3 Å². The fourth-order valence-electron chi connectivity index (χ4n) is 3.48. The molecule has 1 N–H and O–H groups in total. The number of hydrogen-bond acceptors (Lipinski definition) is 3. The van der Waals surface area contributed by atoms with E-state index in [1.165, 1.54) is 5.56 Å². The lowest BCUT2D eigenvalue weighted by Crippen LogP contribution is -2.03. The normalized spacial score (nSPS) is 10.7. The molecule has 0 saturated heterocycles. The summed E-state index contributed by atoms with van der Waals surface area (Å²) in [5, 5.41) is 9.93. The molecule has 29 heavy (non-hydrogen) atoms. The van der Waals surface area contributed by atoms with Gasteiger partial charge in [0.2, 0.25) is 0 Å². The average molecular weight is 380 g/mol. The van der Waals surface area contributed by atoms with Crippen molar-refractivity contribution < 1.29 is 9.53 Å². The molecule has 4 rings (SSSR count). The molecule has 0 aliphatic carbocycles. The van der Waals surface area contributed by atoms with Crippen LogP contribution in [0.2, 0.25) is 0 Å². The van der Waals surface area contributed by atoms with Crippen LogP contribution in [0, 0.1) is 18.3 Å². The lowest BCUT2D eigenvalue weighted by Gasteiger charge is -2.12. The zero-order valence-electron chi connectivity index (χ0n) is 16.3. The van der Waals surface area contributed by atoms with Crippen molar-refractivity contribution >= 4 is 16.9 Å². The third-order valence-electron chi connectivity index (χ3n) is 5.00. The van der Waals surface area contributed by atoms with Gasteiger partial charge in [-0.3, -0.25) is 0 Å². The maximum Gasteiger partial charge on any atom is 0.340 e. The van der Waals surface area contributed by atoms with Gasteiger partial charge in [-0.15, -0.1) is 0 Å². The van der Waals surface area contributed by atoms with Gasteiger partial charge in [0.05, 0.1) is 23.8 Å². The maximum atomic E-state index is 12.4. The fraction of sp³-hybridized carbons (Fsp3) is 0.120. The summed E-state index contributed by atoms with van der Waals surface area (Å²) >= 11 is 0. The molecule has 0 aliphatic rings. The Bertz CT molecular complexity index is 1230. The van der Waals surface area contributed by atoms with Gasteiger partial charge in [0.1, 0.15) is 0 Å². The van der Waals surface area contributed by atoms with Crippen molar-refractivity contribution in [3.05, 3.63) is 83.6 Å². The zero-order valence-corrected chi connectivity index (χ0v) is 16.3. The molecule has 4 heteroatoms. The summed E-state index contributed by atoms with van der Waals surface area (Å²) in [5.74, 6) is -0.340. The lowest BCUT2D eigenvalue weighted by molar-refractivity contribution is 0.0528. The number of esters is 1. The Balaban J connectivity index is 1.95. The number of H-pyrrole nitrogens is 1. The molecule has 3 aromatic carbocycles. The van der Waals surface area contributed by atoms with E-state index >= 15 is 0 Å². The highest BCUT2D eigenvalue weighted by molar-refractivity contribution is 6.07. The summed E-state index contributed by atoms with van der Waals surface area (Å²) < 4.78 is 5.20. The van der Waals surface area contributed by atoms with Crippen molar-refractivity contribution in [3.8, 4) is 28.3 Å². The van der Waals surface area contributed by atoms with Crippen LogP contribution in [0.4, 0.5) is 0 Å². The number of hydrogen-bond donors (Lipinski definition) is 1. The van der Waals surface area contributed by atoms with E-state index in [9.17, 15) is 4.79 Å². The third-order valence-corrected chi connectivity index (χ3v) is 5.00. The van der Waals surface area contributed by atoms with Crippen LogP contribution in [-0.4, -0.2) is 17.6 Å². The van der Waals surface area contributed by atoms with Gasteiger partial charge in [-0.25, -0.2) is 4.79 Å². The highest BCUT2D eigenvalue weighted by Crippen LogP contribution is 2.37. The van der Waals surface area contributed by atoms with Crippen LogP contribution in [0.5, 0.6) is 0 Å². The minimum atomic E-state index is -0.340. The highest BCUT2D eigenvalue weighted by atomic mass is 16.5. The number of nitriles is 1. The molecule has 1 aromatic heterocycles. The maximum absolute atomic E-state index is 12.4. The number of aryl methyl sites for hydroxylation is 1. The van der Waals surface area contributed by atoms with Crippen molar-refractivity contribution in [2.24, 2.45) is 0 Å². The molecule has 0 aliphatic heterocycles. The molecular weight excluding hydrogens is 360 g/mol. The standard InChI is InChI=1S/C25H20N2O2/c1-3-29-25(28)23-15-27-24-13-21(18-8-4-16(2)5-9-18)20(12-22(23)24)19-10-6-17(14-26)7-11-19/h4-13,15,27H,3H2,1-2H3. The molecule has 1 heterocycles. The number of carbonyl (C=O) groups excluding carboxylic acids is 1. The van der Waals surface area contributed by atoms with Gasteiger partial charge < -0.3 is 9.72 Å². The van der Waals surface area contributed by atoms with Crippen LogP contribution in [0.25, 0.3) is 33.2 Å². The number of fused-ring (bicyclic) bond motifs is 1. The SMILES string of the molecule is CCOC(=O)c1c[nH]c2cc(-c3ccc(C)cc3)c(-c3ccc(C#N)cc3)cc12. The predicted molar refractivity (Wildman–Crippen MR) is 115 cm³/mol. The van der Waals surface area contributed by atoms with Crippen molar-refractivity contribution in [3.63, 3.8) is 0 Å². The summed E-state index contributed by atoms with van der Waals surface area (Å²) in [6, 6.07) is 22.1. The molecule has 142 valence electrons. The quantitative estimate of drug-likeness (QED) is 0.451. The average Bonchev–Trinajstić information content (AvgIpc) is 3.17. The van der Waals surface area contributed by atoms with Gasteiger partial charge >= 0.3 is 5.97 Å². The number of aromatic nitrogens is 1. The number of rotatable bonds is 4. The molecule has 0 fully saturated rings. The van der Waals surface area contributed by atoms with E-state index in [4.69, 9.17) is 10.00 Å². The Morgan fingerprint density at radius 3 is 2.24 bits per heavy atom. The summed E-state index contributed by atoms with van der Waals surface area (Å²) in [6.45, 7) is 4.19. The summed E-state index contributed by atoms with van der Waals surface area (Å²) in [5.41, 5.74) is 7.32. The molecular formula is C25H20N2O2. The number of benzene rings is 3. The van der Waals surface area contributed by atoms with Crippen molar-refractivity contribution in [2.75, 3.05) is 6.61 Å². The van der Waals surface area contributed by atoms with Gasteiger partial charge in [-0.2, -0.15) is 5.26 Å². The number of aromatic amines is 1. The Labute approximate surface area is 169 Å². The highest BCUT2D eigenvalue weighted by Gasteiger charge is 2.17. The van der Waals surface area contributed by atoms with Crippen molar-refractivity contribution in [1.82, 2.24) is 4.98 Å². The Hall–Kier alpha value is -3.84. The Morgan fingerprint density at radius 2 is 1.62 bits per heavy atom. The summed E-state index contributed by atoms with van der Waals surface area (Å²) in [4.78, 5) is 15.6. The van der Waals surface area contributed by atoms with Gasteiger partial charge in [0.25, 0.3) is 0 Å². The second kappa shape index (κ2) is 7.65. The first-order valence-corrected chi connectivity index (χ1v) is 9.50. The lowest BCUT2D eigenvalue weighted by atomic mass is 9.92. The van der Waals surface area contributed by atoms with Crippen LogP contribution in [0.15, 0.2) is 66.9 Å². The Kier molecular flexibility index (Phi) is 4.88.